The fourth-order valence-electron chi connectivity index (χ4n) is 1.75. The number of rotatable bonds is 0. The Bertz CT molecular complexity index is 296. The van der Waals surface area contributed by atoms with Gasteiger partial charge in [-0.25, -0.2) is 0 Å². The Balaban J connectivity index is 2.47. The molecule has 0 spiro atoms. The molecule has 0 heterocycles. The van der Waals surface area contributed by atoms with E-state index in [1.807, 2.05) is 18.2 Å². The first-order valence-electron chi connectivity index (χ1n) is 4.24. The third-order valence-electron chi connectivity index (χ3n) is 2.39. The highest BCUT2D eigenvalue weighted by atomic mass is 35.5. The predicted octanol–water partition coefficient (Wildman–Crippen LogP) is 2.71. The van der Waals surface area contributed by atoms with Crippen molar-refractivity contribution in [2.24, 2.45) is 0 Å². The molecule has 0 bridgehead atoms. The number of fused-ring (bicyclic) bond motifs is 1. The molecular formula is C10H11ClO. The lowest BCUT2D eigenvalue weighted by molar-refractivity contribution is 0.156. The Morgan fingerprint density at radius 2 is 2.25 bits per heavy atom. The fraction of sp³-hybridized carbons (Fsp3) is 0.400. The molecule has 0 amide bonds. The minimum Gasteiger partial charge on any atom is -0.388 e. The Hall–Kier alpha value is -0.530. The van der Waals surface area contributed by atoms with Crippen LogP contribution in [-0.4, -0.2) is 5.11 Å². The molecule has 0 aromatic heterocycles. The number of halogens is 1. The average Bonchev–Trinajstić information content (AvgIpc) is 2.07. The van der Waals surface area contributed by atoms with Crippen molar-refractivity contribution in [2.75, 3.05) is 0 Å². The van der Waals surface area contributed by atoms with Crippen LogP contribution in [0.4, 0.5) is 0 Å². The molecule has 0 aliphatic heterocycles. The molecule has 12 heavy (non-hydrogen) atoms. The van der Waals surface area contributed by atoms with Gasteiger partial charge in [0.2, 0.25) is 0 Å². The van der Waals surface area contributed by atoms with Gasteiger partial charge in [0.25, 0.3) is 0 Å². The van der Waals surface area contributed by atoms with Gasteiger partial charge in [-0.3, -0.25) is 0 Å². The SMILES string of the molecule is O[C@H]1CCCc2ccc(Cl)cc21. The second kappa shape index (κ2) is 3.08. The van der Waals surface area contributed by atoms with Gasteiger partial charge in [0.1, 0.15) is 0 Å². The van der Waals surface area contributed by atoms with Crippen LogP contribution in [0.25, 0.3) is 0 Å². The molecule has 0 saturated carbocycles. The van der Waals surface area contributed by atoms with Crippen LogP contribution in [-0.2, 0) is 6.42 Å². The first-order valence-corrected chi connectivity index (χ1v) is 4.61. The quantitative estimate of drug-likeness (QED) is 0.654. The second-order valence-electron chi connectivity index (χ2n) is 3.25. The van der Waals surface area contributed by atoms with Gasteiger partial charge in [0.05, 0.1) is 6.10 Å². The van der Waals surface area contributed by atoms with E-state index in [9.17, 15) is 5.11 Å². The highest BCUT2D eigenvalue weighted by Gasteiger charge is 2.17. The average molecular weight is 183 g/mol. The molecular weight excluding hydrogens is 172 g/mol. The molecule has 1 aliphatic rings. The molecule has 0 saturated heterocycles. The van der Waals surface area contributed by atoms with Crippen molar-refractivity contribution in [3.05, 3.63) is 34.3 Å². The standard InChI is InChI=1S/C10H11ClO/c11-8-5-4-7-2-1-3-10(12)9(7)6-8/h4-6,10,12H,1-3H2/t10-/m0/s1. The van der Waals surface area contributed by atoms with Crippen molar-refractivity contribution in [1.29, 1.82) is 0 Å². The largest absolute Gasteiger partial charge is 0.388 e. The maximum absolute atomic E-state index is 9.63. The molecule has 64 valence electrons. The van der Waals surface area contributed by atoms with Crippen molar-refractivity contribution >= 4 is 11.6 Å². The van der Waals surface area contributed by atoms with Crippen LogP contribution in [0, 0.1) is 0 Å². The van der Waals surface area contributed by atoms with Gasteiger partial charge in [-0.2, -0.15) is 0 Å². The number of benzene rings is 1. The van der Waals surface area contributed by atoms with E-state index < -0.39 is 0 Å². The lowest BCUT2D eigenvalue weighted by Crippen LogP contribution is -2.08. The summed E-state index contributed by atoms with van der Waals surface area (Å²) in [4.78, 5) is 0. The van der Waals surface area contributed by atoms with Gasteiger partial charge in [-0.1, -0.05) is 17.7 Å². The van der Waals surface area contributed by atoms with Crippen LogP contribution >= 0.6 is 11.6 Å². The van der Waals surface area contributed by atoms with E-state index in [4.69, 9.17) is 11.6 Å². The highest BCUT2D eigenvalue weighted by Crippen LogP contribution is 2.31. The number of hydrogen-bond acceptors (Lipinski definition) is 1. The number of aryl methyl sites for hydroxylation is 1. The van der Waals surface area contributed by atoms with E-state index in [-0.39, 0.29) is 6.10 Å². The Labute approximate surface area is 77.0 Å². The molecule has 0 unspecified atom stereocenters. The number of aliphatic hydroxyl groups is 1. The molecule has 1 N–H and O–H groups in total. The monoisotopic (exact) mass is 182 g/mol. The molecule has 1 atom stereocenters. The van der Waals surface area contributed by atoms with E-state index in [2.05, 4.69) is 0 Å². The summed E-state index contributed by atoms with van der Waals surface area (Å²) in [6.45, 7) is 0. The Kier molecular flexibility index (Phi) is 2.07. The lowest BCUT2D eigenvalue weighted by atomic mass is 9.90. The molecule has 0 radical (unpaired) electrons. The summed E-state index contributed by atoms with van der Waals surface area (Å²) >= 11 is 5.83. The van der Waals surface area contributed by atoms with Crippen LogP contribution in [0.2, 0.25) is 5.02 Å². The van der Waals surface area contributed by atoms with Crippen molar-refractivity contribution < 1.29 is 5.11 Å². The summed E-state index contributed by atoms with van der Waals surface area (Å²) in [5, 5.41) is 10.3. The van der Waals surface area contributed by atoms with Gasteiger partial charge >= 0.3 is 0 Å². The van der Waals surface area contributed by atoms with Crippen molar-refractivity contribution in [3.8, 4) is 0 Å². The summed E-state index contributed by atoms with van der Waals surface area (Å²) in [5.74, 6) is 0. The molecule has 2 rings (SSSR count). The van der Waals surface area contributed by atoms with Gasteiger partial charge in [0.15, 0.2) is 0 Å². The van der Waals surface area contributed by atoms with E-state index >= 15 is 0 Å². The van der Waals surface area contributed by atoms with Crippen molar-refractivity contribution in [1.82, 2.24) is 0 Å². The van der Waals surface area contributed by atoms with Crippen LogP contribution in [0.1, 0.15) is 30.1 Å². The van der Waals surface area contributed by atoms with E-state index in [1.165, 1.54) is 5.56 Å². The Morgan fingerprint density at radius 1 is 1.42 bits per heavy atom. The van der Waals surface area contributed by atoms with Gasteiger partial charge in [-0.15, -0.1) is 0 Å². The highest BCUT2D eigenvalue weighted by molar-refractivity contribution is 6.30. The normalized spacial score (nSPS) is 22.0. The van der Waals surface area contributed by atoms with Crippen LogP contribution < -0.4 is 0 Å². The number of hydrogen-bond donors (Lipinski definition) is 1. The topological polar surface area (TPSA) is 20.2 Å². The molecule has 2 heteroatoms. The van der Waals surface area contributed by atoms with Crippen molar-refractivity contribution in [2.45, 2.75) is 25.4 Å². The third kappa shape index (κ3) is 1.35. The van der Waals surface area contributed by atoms with Crippen LogP contribution in [0.5, 0.6) is 0 Å². The smallest absolute Gasteiger partial charge is 0.0793 e. The van der Waals surface area contributed by atoms with Gasteiger partial charge < -0.3 is 5.11 Å². The van der Waals surface area contributed by atoms with E-state index in [1.54, 1.807) is 0 Å². The summed E-state index contributed by atoms with van der Waals surface area (Å²) in [5.41, 5.74) is 2.27. The van der Waals surface area contributed by atoms with E-state index in [0.29, 0.717) is 0 Å². The van der Waals surface area contributed by atoms with E-state index in [0.717, 1.165) is 29.8 Å². The zero-order valence-electron chi connectivity index (χ0n) is 6.76. The first kappa shape index (κ1) is 8.09. The number of aliphatic hydroxyl groups excluding tert-OH is 1. The third-order valence-corrected chi connectivity index (χ3v) is 2.63. The summed E-state index contributed by atoms with van der Waals surface area (Å²) in [6, 6.07) is 5.78. The zero-order chi connectivity index (χ0) is 8.55. The fourth-order valence-corrected chi connectivity index (χ4v) is 1.93. The van der Waals surface area contributed by atoms with Crippen LogP contribution in [0.3, 0.4) is 0 Å². The van der Waals surface area contributed by atoms with Crippen LogP contribution in [0.15, 0.2) is 18.2 Å². The maximum atomic E-state index is 9.63. The zero-order valence-corrected chi connectivity index (χ0v) is 7.51. The molecule has 1 aromatic carbocycles. The summed E-state index contributed by atoms with van der Waals surface area (Å²) < 4.78 is 0. The molecule has 0 fully saturated rings. The van der Waals surface area contributed by atoms with Gasteiger partial charge in [-0.05, 0) is 42.5 Å². The van der Waals surface area contributed by atoms with Gasteiger partial charge in [0, 0.05) is 5.02 Å². The van der Waals surface area contributed by atoms with Crippen molar-refractivity contribution in [3.63, 3.8) is 0 Å². The minimum atomic E-state index is -0.299. The second-order valence-corrected chi connectivity index (χ2v) is 3.69. The summed E-state index contributed by atoms with van der Waals surface area (Å²) in [7, 11) is 0. The predicted molar refractivity (Wildman–Crippen MR) is 49.3 cm³/mol. The Morgan fingerprint density at radius 3 is 3.08 bits per heavy atom. The molecule has 1 aromatic rings. The summed E-state index contributed by atoms with van der Waals surface area (Å²) in [6.07, 6.45) is 2.72. The molecule has 1 aliphatic carbocycles. The maximum Gasteiger partial charge on any atom is 0.0793 e. The lowest BCUT2D eigenvalue weighted by Gasteiger charge is -2.20. The molecule has 1 nitrogen and oxygen atoms in total. The minimum absolute atomic E-state index is 0.299. The first-order chi connectivity index (χ1) is 5.77.